The Balaban J connectivity index is 0.00000113. The molecule has 0 fully saturated rings. The average molecular weight is 767 g/mol. The van der Waals surface area contributed by atoms with Gasteiger partial charge in [-0.25, -0.2) is 4.42 Å². The third kappa shape index (κ3) is 12.4. The summed E-state index contributed by atoms with van der Waals surface area (Å²) in [7, 11) is -6.00. The molecule has 1 aromatic heterocycles. The highest BCUT2D eigenvalue weighted by Crippen LogP contribution is 2.34. The number of rotatable bonds is 14. The summed E-state index contributed by atoms with van der Waals surface area (Å²) < 4.78 is 74.6. The van der Waals surface area contributed by atoms with Crippen LogP contribution in [0.1, 0.15) is 44.6 Å². The van der Waals surface area contributed by atoms with Crippen molar-refractivity contribution in [2.75, 3.05) is 26.4 Å². The zero-order valence-electron chi connectivity index (χ0n) is 31.6. The van der Waals surface area contributed by atoms with E-state index in [1.807, 2.05) is 131 Å². The molecule has 290 valence electrons. The van der Waals surface area contributed by atoms with Gasteiger partial charge in [0.1, 0.15) is 34.5 Å². The van der Waals surface area contributed by atoms with Crippen LogP contribution < -0.4 is 18.9 Å². The number of halogens is 4. The molecule has 0 bridgehead atoms. The van der Waals surface area contributed by atoms with Crippen molar-refractivity contribution in [3.8, 4) is 45.4 Å². The van der Waals surface area contributed by atoms with E-state index < -0.39 is 7.25 Å². The van der Waals surface area contributed by atoms with Crippen LogP contribution in [0.15, 0.2) is 144 Å². The predicted molar refractivity (Wildman–Crippen MR) is 216 cm³/mol. The molecule has 0 N–H and O–H groups in total. The maximum atomic E-state index is 9.75. The Morgan fingerprint density at radius 2 is 0.964 bits per heavy atom. The molecule has 5 aromatic rings. The fraction of sp³-hybridized carbons (Fsp3) is 0.178. The summed E-state index contributed by atoms with van der Waals surface area (Å²) in [4.78, 5) is 0. The lowest BCUT2D eigenvalue weighted by Gasteiger charge is -2.18. The van der Waals surface area contributed by atoms with Crippen molar-refractivity contribution in [2.45, 2.75) is 27.7 Å². The van der Waals surface area contributed by atoms with Crippen LogP contribution in [0.2, 0.25) is 0 Å². The molecule has 1 aliphatic rings. The lowest BCUT2D eigenvalue weighted by Crippen LogP contribution is -2.02. The zero-order chi connectivity index (χ0) is 39.9. The van der Waals surface area contributed by atoms with E-state index >= 15 is 0 Å². The Morgan fingerprint density at radius 1 is 0.536 bits per heavy atom. The van der Waals surface area contributed by atoms with Crippen molar-refractivity contribution < 1.29 is 45.4 Å². The fourth-order valence-electron chi connectivity index (χ4n) is 5.65. The molecule has 0 unspecified atom stereocenters. The highest BCUT2D eigenvalue weighted by molar-refractivity contribution is 6.50. The lowest BCUT2D eigenvalue weighted by molar-refractivity contribution is 0.340. The normalized spacial score (nSPS) is 13.2. The Hall–Kier alpha value is -6.23. The number of hydrogen-bond donors (Lipinski definition) is 0. The van der Waals surface area contributed by atoms with Crippen LogP contribution >= 0.6 is 0 Å². The SMILES string of the molecule is CCOc1ccc(C2=C/C(=C\C=C\c3cc(-c4ccc(OCC)cc4)cc(-c4ccc(OCC)cc4)[o+]3)OC(c3ccc(OCC)cc3)=C2)cc1.F[B-](F)(F)F. The third-order valence-electron chi connectivity index (χ3n) is 8.04. The molecular formula is C45H43BF4O6. The second kappa shape index (κ2) is 19.9. The third-order valence-corrected chi connectivity index (χ3v) is 8.04. The molecule has 0 saturated heterocycles. The van der Waals surface area contributed by atoms with Gasteiger partial charge in [-0.1, -0.05) is 24.3 Å². The molecule has 0 saturated carbocycles. The first-order valence-corrected chi connectivity index (χ1v) is 18.3. The molecular weight excluding hydrogens is 723 g/mol. The predicted octanol–water partition coefficient (Wildman–Crippen LogP) is 12.8. The number of allylic oxidation sites excluding steroid dienone is 5. The molecule has 0 amide bonds. The second-order valence-corrected chi connectivity index (χ2v) is 12.1. The minimum Gasteiger partial charge on any atom is -0.494 e. The Labute approximate surface area is 325 Å². The maximum Gasteiger partial charge on any atom is 0.673 e. The van der Waals surface area contributed by atoms with Gasteiger partial charge in [-0.2, -0.15) is 0 Å². The van der Waals surface area contributed by atoms with E-state index in [1.165, 1.54) is 0 Å². The first-order valence-electron chi connectivity index (χ1n) is 18.3. The van der Waals surface area contributed by atoms with Crippen LogP contribution in [0.3, 0.4) is 0 Å². The molecule has 0 aliphatic carbocycles. The topological polar surface area (TPSA) is 57.5 Å². The van der Waals surface area contributed by atoms with Crippen molar-refractivity contribution in [2.24, 2.45) is 0 Å². The fourth-order valence-corrected chi connectivity index (χ4v) is 5.65. The van der Waals surface area contributed by atoms with Crippen LogP contribution in [0.25, 0.3) is 39.9 Å². The molecule has 6 rings (SSSR count). The van der Waals surface area contributed by atoms with E-state index in [4.69, 9.17) is 28.1 Å². The molecule has 0 radical (unpaired) electrons. The lowest BCUT2D eigenvalue weighted by atomic mass is 10.00. The standard InChI is InChI=1S/C45H43O6.BF4/c1-5-46-38-20-12-32(13-21-38)36-28-42(50-44(30-36)34-16-24-40(25-17-34)48-7-3)10-9-11-43-29-37(33-14-22-39(23-15-33)47-6-2)31-45(51-43)35-18-26-41(27-19-35)49-8-4;2-1(3,4)5/h9-31H,5-8H2,1-4H3;/q+1;-1. The van der Waals surface area contributed by atoms with Gasteiger partial charge in [-0.15, -0.1) is 0 Å². The van der Waals surface area contributed by atoms with E-state index in [0.29, 0.717) is 37.9 Å². The number of benzene rings is 4. The summed E-state index contributed by atoms with van der Waals surface area (Å²) >= 11 is 0. The zero-order valence-corrected chi connectivity index (χ0v) is 31.6. The van der Waals surface area contributed by atoms with E-state index in [-0.39, 0.29) is 0 Å². The molecule has 11 heteroatoms. The van der Waals surface area contributed by atoms with Crippen LogP contribution in [0.5, 0.6) is 23.0 Å². The molecule has 6 nitrogen and oxygen atoms in total. The summed E-state index contributed by atoms with van der Waals surface area (Å²) in [6.45, 7) is 10.4. The largest absolute Gasteiger partial charge is 0.673 e. The minimum atomic E-state index is -6.00. The van der Waals surface area contributed by atoms with E-state index in [0.717, 1.165) is 67.9 Å². The first kappa shape index (κ1) is 40.9. The summed E-state index contributed by atoms with van der Waals surface area (Å²) in [6.07, 6.45) is 9.95. The van der Waals surface area contributed by atoms with Crippen molar-refractivity contribution in [3.63, 3.8) is 0 Å². The monoisotopic (exact) mass is 766 g/mol. The van der Waals surface area contributed by atoms with Crippen molar-refractivity contribution in [1.82, 2.24) is 0 Å². The molecule has 4 aromatic carbocycles. The van der Waals surface area contributed by atoms with Gasteiger partial charge >= 0.3 is 18.8 Å². The smallest absolute Gasteiger partial charge is 0.494 e. The van der Waals surface area contributed by atoms with E-state index in [1.54, 1.807) is 0 Å². The molecule has 56 heavy (non-hydrogen) atoms. The average Bonchev–Trinajstić information content (AvgIpc) is 3.19. The highest BCUT2D eigenvalue weighted by Gasteiger charge is 2.21. The van der Waals surface area contributed by atoms with Gasteiger partial charge in [0.05, 0.1) is 44.1 Å². The van der Waals surface area contributed by atoms with E-state index in [9.17, 15) is 17.3 Å². The molecule has 0 spiro atoms. The summed E-state index contributed by atoms with van der Waals surface area (Å²) in [5.74, 6) is 6.17. The number of ether oxygens (including phenoxy) is 5. The maximum absolute atomic E-state index is 9.75. The van der Waals surface area contributed by atoms with Gasteiger partial charge in [-0.3, -0.25) is 0 Å². The molecule has 0 atom stereocenters. The van der Waals surface area contributed by atoms with Gasteiger partial charge in [0, 0.05) is 17.2 Å². The van der Waals surface area contributed by atoms with Crippen LogP contribution in [-0.2, 0) is 4.74 Å². The van der Waals surface area contributed by atoms with Gasteiger partial charge in [0.25, 0.3) is 0 Å². The minimum absolute atomic E-state index is 0.611. The summed E-state index contributed by atoms with van der Waals surface area (Å²) in [6, 6.07) is 36.2. The Morgan fingerprint density at radius 3 is 1.43 bits per heavy atom. The van der Waals surface area contributed by atoms with Gasteiger partial charge in [-0.05, 0) is 141 Å². The van der Waals surface area contributed by atoms with Crippen LogP contribution in [-0.4, -0.2) is 33.7 Å². The van der Waals surface area contributed by atoms with Crippen molar-refractivity contribution in [1.29, 1.82) is 0 Å². The summed E-state index contributed by atoms with van der Waals surface area (Å²) in [5.41, 5.74) is 6.04. The Bertz CT molecular complexity index is 2070. The quantitative estimate of drug-likeness (QED) is 0.0637. The molecule has 2 heterocycles. The molecule has 1 aliphatic heterocycles. The van der Waals surface area contributed by atoms with Gasteiger partial charge < -0.3 is 40.9 Å². The van der Waals surface area contributed by atoms with Crippen molar-refractivity contribution in [3.05, 3.63) is 156 Å². The first-order chi connectivity index (χ1) is 27.0. The highest BCUT2D eigenvalue weighted by atomic mass is 19.5. The van der Waals surface area contributed by atoms with Crippen molar-refractivity contribution >= 4 is 24.7 Å². The Kier molecular flexibility index (Phi) is 14.6. The summed E-state index contributed by atoms with van der Waals surface area (Å²) in [5, 5.41) is 0. The second-order valence-electron chi connectivity index (χ2n) is 12.1. The van der Waals surface area contributed by atoms with Gasteiger partial charge in [0.2, 0.25) is 0 Å². The van der Waals surface area contributed by atoms with E-state index in [2.05, 4.69) is 36.4 Å². The number of hydrogen-bond acceptors (Lipinski definition) is 5. The van der Waals surface area contributed by atoms with Gasteiger partial charge in [0.15, 0.2) is 0 Å². The van der Waals surface area contributed by atoms with Crippen LogP contribution in [0, 0.1) is 0 Å². The van der Waals surface area contributed by atoms with Crippen LogP contribution in [0.4, 0.5) is 17.3 Å².